The van der Waals surface area contributed by atoms with Crippen molar-refractivity contribution in [3.05, 3.63) is 18.2 Å². The van der Waals surface area contributed by atoms with Crippen molar-refractivity contribution in [3.8, 4) is 0 Å². The van der Waals surface area contributed by atoms with E-state index in [1.54, 1.807) is 11.1 Å². The Morgan fingerprint density at radius 3 is 2.86 bits per heavy atom. The fourth-order valence-corrected chi connectivity index (χ4v) is 2.94. The quantitative estimate of drug-likeness (QED) is 0.787. The van der Waals surface area contributed by atoms with Gasteiger partial charge in [-0.15, -0.1) is 0 Å². The zero-order valence-electron chi connectivity index (χ0n) is 12.5. The zero-order valence-corrected chi connectivity index (χ0v) is 12.5. The standard InChI is InChI=1S/C14H22N4O3/c1-11(20)18-6-3-4-14(18,10-19)8-13(21)16-9-12-15-5-7-17(12)2/h5,7,19H,3-4,6,8-10H2,1-2H3,(H,16,21)/t14-/m1/s1. The molecule has 7 heteroatoms. The monoisotopic (exact) mass is 294 g/mol. The molecule has 0 saturated carbocycles. The number of nitrogens with zero attached hydrogens (tertiary/aromatic N) is 3. The number of nitrogens with one attached hydrogen (secondary N) is 1. The van der Waals surface area contributed by atoms with Crippen LogP contribution in [-0.4, -0.2) is 50.1 Å². The van der Waals surface area contributed by atoms with E-state index >= 15 is 0 Å². The van der Waals surface area contributed by atoms with Gasteiger partial charge in [0, 0.05) is 32.9 Å². The molecule has 1 fully saturated rings. The van der Waals surface area contributed by atoms with E-state index in [9.17, 15) is 14.7 Å². The lowest BCUT2D eigenvalue weighted by Gasteiger charge is -2.36. The summed E-state index contributed by atoms with van der Waals surface area (Å²) in [5, 5.41) is 12.5. The molecule has 1 aliphatic rings. The van der Waals surface area contributed by atoms with Crippen LogP contribution in [0.25, 0.3) is 0 Å². The van der Waals surface area contributed by atoms with Crippen LogP contribution in [0.1, 0.15) is 32.0 Å². The average molecular weight is 294 g/mol. The first kappa shape index (κ1) is 15.5. The molecule has 1 atom stereocenters. The van der Waals surface area contributed by atoms with E-state index in [0.29, 0.717) is 19.5 Å². The summed E-state index contributed by atoms with van der Waals surface area (Å²) in [6.45, 7) is 2.22. The van der Waals surface area contributed by atoms with Crippen molar-refractivity contribution in [2.24, 2.45) is 7.05 Å². The molecule has 7 nitrogen and oxygen atoms in total. The van der Waals surface area contributed by atoms with Crippen molar-refractivity contribution in [2.45, 2.75) is 38.3 Å². The van der Waals surface area contributed by atoms with Crippen LogP contribution in [0.15, 0.2) is 12.4 Å². The van der Waals surface area contributed by atoms with Gasteiger partial charge in [-0.2, -0.15) is 0 Å². The third kappa shape index (κ3) is 3.24. The Kier molecular flexibility index (Phi) is 4.62. The van der Waals surface area contributed by atoms with E-state index in [1.807, 2.05) is 17.8 Å². The molecule has 2 N–H and O–H groups in total. The van der Waals surface area contributed by atoms with Gasteiger partial charge in [-0.3, -0.25) is 9.59 Å². The summed E-state index contributed by atoms with van der Waals surface area (Å²) < 4.78 is 1.83. The number of imidazole rings is 1. The van der Waals surface area contributed by atoms with Crippen LogP contribution in [0.5, 0.6) is 0 Å². The lowest BCUT2D eigenvalue weighted by atomic mass is 9.92. The van der Waals surface area contributed by atoms with Crippen LogP contribution in [0.2, 0.25) is 0 Å². The third-order valence-electron chi connectivity index (χ3n) is 4.13. The number of aliphatic hydroxyl groups excluding tert-OH is 1. The summed E-state index contributed by atoms with van der Waals surface area (Å²) in [5.41, 5.74) is -0.752. The van der Waals surface area contributed by atoms with Crippen molar-refractivity contribution in [1.82, 2.24) is 19.8 Å². The second-order valence-corrected chi connectivity index (χ2v) is 5.56. The number of aryl methyl sites for hydroxylation is 1. The summed E-state index contributed by atoms with van der Waals surface area (Å²) in [4.78, 5) is 29.6. The molecule has 2 rings (SSSR count). The Bertz CT molecular complexity index is 528. The maximum absolute atomic E-state index is 12.1. The molecular weight excluding hydrogens is 272 g/mol. The van der Waals surface area contributed by atoms with Crippen LogP contribution in [0, 0.1) is 0 Å². The number of carbonyl (C=O) groups is 2. The van der Waals surface area contributed by atoms with Crippen LogP contribution in [-0.2, 0) is 23.2 Å². The van der Waals surface area contributed by atoms with Gasteiger partial charge in [-0.05, 0) is 12.8 Å². The van der Waals surface area contributed by atoms with Crippen molar-refractivity contribution in [1.29, 1.82) is 0 Å². The minimum atomic E-state index is -0.752. The number of amides is 2. The molecule has 1 aromatic heterocycles. The van der Waals surface area contributed by atoms with E-state index in [2.05, 4.69) is 10.3 Å². The molecule has 1 aliphatic heterocycles. The van der Waals surface area contributed by atoms with Gasteiger partial charge in [0.15, 0.2) is 0 Å². The molecule has 0 aromatic carbocycles. The number of carbonyl (C=O) groups excluding carboxylic acids is 2. The van der Waals surface area contributed by atoms with Crippen LogP contribution < -0.4 is 5.32 Å². The van der Waals surface area contributed by atoms with Crippen molar-refractivity contribution in [2.75, 3.05) is 13.2 Å². The van der Waals surface area contributed by atoms with Crippen LogP contribution in [0.4, 0.5) is 0 Å². The fourth-order valence-electron chi connectivity index (χ4n) is 2.94. The van der Waals surface area contributed by atoms with Crippen LogP contribution >= 0.6 is 0 Å². The molecule has 116 valence electrons. The normalized spacial score (nSPS) is 21.6. The Balaban J connectivity index is 1.97. The van der Waals surface area contributed by atoms with Crippen molar-refractivity contribution in [3.63, 3.8) is 0 Å². The second-order valence-electron chi connectivity index (χ2n) is 5.56. The Morgan fingerprint density at radius 1 is 1.52 bits per heavy atom. The lowest BCUT2D eigenvalue weighted by Crippen LogP contribution is -2.52. The minimum absolute atomic E-state index is 0.0987. The number of likely N-dealkylation sites (tertiary alicyclic amines) is 1. The number of hydrogen-bond donors (Lipinski definition) is 2. The first-order valence-electron chi connectivity index (χ1n) is 7.10. The molecule has 1 aromatic rings. The number of aliphatic hydroxyl groups is 1. The average Bonchev–Trinajstić information content (AvgIpc) is 3.03. The van der Waals surface area contributed by atoms with Gasteiger partial charge >= 0.3 is 0 Å². The molecule has 0 spiro atoms. The Labute approximate surface area is 124 Å². The van der Waals surface area contributed by atoms with Gasteiger partial charge in [-0.1, -0.05) is 0 Å². The molecule has 2 amide bonds. The van der Waals surface area contributed by atoms with Gasteiger partial charge in [0.05, 0.1) is 25.1 Å². The third-order valence-corrected chi connectivity index (χ3v) is 4.13. The first-order chi connectivity index (χ1) is 9.98. The molecule has 1 saturated heterocycles. The summed E-state index contributed by atoms with van der Waals surface area (Å²) in [7, 11) is 1.86. The molecular formula is C14H22N4O3. The van der Waals surface area contributed by atoms with Gasteiger partial charge < -0.3 is 19.9 Å². The SMILES string of the molecule is CC(=O)N1CCC[C@]1(CO)CC(=O)NCc1nccn1C. The molecule has 2 heterocycles. The molecule has 0 unspecified atom stereocenters. The van der Waals surface area contributed by atoms with Gasteiger partial charge in [-0.25, -0.2) is 4.98 Å². The van der Waals surface area contributed by atoms with Gasteiger partial charge in [0.2, 0.25) is 11.8 Å². The van der Waals surface area contributed by atoms with E-state index in [1.165, 1.54) is 6.92 Å². The molecule has 0 radical (unpaired) electrons. The van der Waals surface area contributed by atoms with Crippen molar-refractivity contribution >= 4 is 11.8 Å². The highest BCUT2D eigenvalue weighted by Crippen LogP contribution is 2.32. The Morgan fingerprint density at radius 2 is 2.29 bits per heavy atom. The summed E-state index contributed by atoms with van der Waals surface area (Å²) in [6.07, 6.45) is 5.06. The van der Waals surface area contributed by atoms with E-state index in [4.69, 9.17) is 0 Å². The largest absolute Gasteiger partial charge is 0.394 e. The van der Waals surface area contributed by atoms with Gasteiger partial charge in [0.1, 0.15) is 5.82 Å². The summed E-state index contributed by atoms with van der Waals surface area (Å²) in [5.74, 6) is 0.481. The predicted molar refractivity (Wildman–Crippen MR) is 76.1 cm³/mol. The Hall–Kier alpha value is -1.89. The topological polar surface area (TPSA) is 87.5 Å². The maximum Gasteiger partial charge on any atom is 0.222 e. The number of aromatic nitrogens is 2. The molecule has 0 aliphatic carbocycles. The fraction of sp³-hybridized carbons (Fsp3) is 0.643. The highest BCUT2D eigenvalue weighted by molar-refractivity contribution is 5.80. The maximum atomic E-state index is 12.1. The highest BCUT2D eigenvalue weighted by atomic mass is 16.3. The second kappa shape index (κ2) is 6.26. The number of rotatable bonds is 5. The van der Waals surface area contributed by atoms with Crippen molar-refractivity contribution < 1.29 is 14.7 Å². The molecule has 0 bridgehead atoms. The minimum Gasteiger partial charge on any atom is -0.394 e. The van der Waals surface area contributed by atoms with Gasteiger partial charge in [0.25, 0.3) is 0 Å². The lowest BCUT2D eigenvalue weighted by molar-refractivity contribution is -0.137. The summed E-state index contributed by atoms with van der Waals surface area (Å²) in [6, 6.07) is 0. The predicted octanol–water partition coefficient (Wildman–Crippen LogP) is -0.200. The van der Waals surface area contributed by atoms with E-state index in [-0.39, 0.29) is 24.8 Å². The highest BCUT2D eigenvalue weighted by Gasteiger charge is 2.43. The van der Waals surface area contributed by atoms with E-state index in [0.717, 1.165) is 12.2 Å². The first-order valence-corrected chi connectivity index (χ1v) is 7.10. The smallest absolute Gasteiger partial charge is 0.222 e. The van der Waals surface area contributed by atoms with Crippen LogP contribution in [0.3, 0.4) is 0 Å². The summed E-state index contributed by atoms with van der Waals surface area (Å²) >= 11 is 0. The molecule has 21 heavy (non-hydrogen) atoms. The number of hydrogen-bond acceptors (Lipinski definition) is 4. The van der Waals surface area contributed by atoms with E-state index < -0.39 is 5.54 Å². The zero-order chi connectivity index (χ0) is 15.5.